The lowest BCUT2D eigenvalue weighted by Crippen LogP contribution is -2.21. The van der Waals surface area contributed by atoms with Crippen LogP contribution in [0.1, 0.15) is 44.7 Å². The lowest BCUT2D eigenvalue weighted by molar-refractivity contribution is 0.260. The Labute approximate surface area is 159 Å². The Bertz CT molecular complexity index is 731. The highest BCUT2D eigenvalue weighted by Gasteiger charge is 2.21. The number of benzene rings is 1. The fourth-order valence-corrected chi connectivity index (χ4v) is 3.86. The van der Waals surface area contributed by atoms with E-state index in [2.05, 4.69) is 92.2 Å². The highest BCUT2D eigenvalue weighted by molar-refractivity contribution is 5.35. The number of hydrogen-bond acceptors (Lipinski definition) is 1. The zero-order chi connectivity index (χ0) is 18.4. The summed E-state index contributed by atoms with van der Waals surface area (Å²) in [5, 5.41) is 0. The van der Waals surface area contributed by atoms with Crippen LogP contribution >= 0.6 is 0 Å². The Morgan fingerprint density at radius 2 is 1.88 bits per heavy atom. The minimum Gasteiger partial charge on any atom is -0.295 e. The summed E-state index contributed by atoms with van der Waals surface area (Å²) in [6.07, 6.45) is 13.6. The highest BCUT2D eigenvalue weighted by atomic mass is 15.1. The smallest absolute Gasteiger partial charge is 0.0629 e. The van der Waals surface area contributed by atoms with Crippen molar-refractivity contribution in [3.05, 3.63) is 71.3 Å². The largest absolute Gasteiger partial charge is 0.295 e. The summed E-state index contributed by atoms with van der Waals surface area (Å²) in [4.78, 5) is 2.57. The molecule has 1 aromatic rings. The second-order valence-corrected chi connectivity index (χ2v) is 7.47. The molecule has 1 nitrogen and oxygen atoms in total. The van der Waals surface area contributed by atoms with E-state index in [1.54, 1.807) is 0 Å². The van der Waals surface area contributed by atoms with Crippen molar-refractivity contribution in [1.82, 2.24) is 4.90 Å². The molecule has 2 aliphatic rings. The van der Waals surface area contributed by atoms with E-state index in [4.69, 9.17) is 0 Å². The molecule has 136 valence electrons. The van der Waals surface area contributed by atoms with Gasteiger partial charge in [-0.25, -0.2) is 0 Å². The van der Waals surface area contributed by atoms with Crippen LogP contribution < -0.4 is 0 Å². The zero-order valence-corrected chi connectivity index (χ0v) is 16.4. The first kappa shape index (κ1) is 18.7. The molecule has 26 heavy (non-hydrogen) atoms. The number of fused-ring (bicyclic) bond motifs is 1. The molecule has 1 heterocycles. The van der Waals surface area contributed by atoms with E-state index >= 15 is 0 Å². The molecule has 0 N–H and O–H groups in total. The average Bonchev–Trinajstić information content (AvgIpc) is 2.99. The van der Waals surface area contributed by atoms with Gasteiger partial charge in [-0.3, -0.25) is 4.90 Å². The van der Waals surface area contributed by atoms with Gasteiger partial charge in [0.25, 0.3) is 0 Å². The topological polar surface area (TPSA) is 3.24 Å². The van der Waals surface area contributed by atoms with E-state index < -0.39 is 0 Å². The van der Waals surface area contributed by atoms with Gasteiger partial charge in [0.2, 0.25) is 0 Å². The highest BCUT2D eigenvalue weighted by Crippen LogP contribution is 2.27. The van der Waals surface area contributed by atoms with Crippen molar-refractivity contribution in [3.63, 3.8) is 0 Å². The summed E-state index contributed by atoms with van der Waals surface area (Å²) < 4.78 is 0. The van der Waals surface area contributed by atoms with Gasteiger partial charge >= 0.3 is 0 Å². The molecule has 3 atom stereocenters. The molecule has 0 amide bonds. The van der Waals surface area contributed by atoms with Gasteiger partial charge in [0.1, 0.15) is 0 Å². The Balaban J connectivity index is 1.59. The van der Waals surface area contributed by atoms with E-state index in [9.17, 15) is 0 Å². The minimum absolute atomic E-state index is 0.242. The van der Waals surface area contributed by atoms with E-state index in [-0.39, 0.29) is 5.92 Å². The fraction of sp³-hybridized carbons (Fsp3) is 0.440. The fourth-order valence-electron chi connectivity index (χ4n) is 3.86. The monoisotopic (exact) mass is 345 g/mol. The van der Waals surface area contributed by atoms with Gasteiger partial charge < -0.3 is 0 Å². The summed E-state index contributed by atoms with van der Waals surface area (Å²) in [6, 6.07) is 8.84. The normalized spacial score (nSPS) is 25.8. The predicted octanol–water partition coefficient (Wildman–Crippen LogP) is 5.75. The number of nitrogens with zero attached hydrogens (tertiary/aromatic N) is 1. The quantitative estimate of drug-likeness (QED) is 0.361. The second kappa shape index (κ2) is 9.06. The molecule has 1 unspecified atom stereocenters. The van der Waals surface area contributed by atoms with Crippen LogP contribution in [0.2, 0.25) is 0 Å². The van der Waals surface area contributed by atoms with Crippen LogP contribution in [0, 0.1) is 29.6 Å². The third-order valence-corrected chi connectivity index (χ3v) is 5.58. The SMILES string of the molecule is C/C=C(\C=C/CC)[C@H]1C#CC(C)[C@@H](CCN2Cc3ccccc3C2)C=C1. The summed E-state index contributed by atoms with van der Waals surface area (Å²) in [5.74, 6) is 8.23. The average molecular weight is 346 g/mol. The molecule has 1 aromatic carbocycles. The summed E-state index contributed by atoms with van der Waals surface area (Å²) >= 11 is 0. The predicted molar refractivity (Wildman–Crippen MR) is 111 cm³/mol. The minimum atomic E-state index is 0.242. The Kier molecular flexibility index (Phi) is 6.53. The van der Waals surface area contributed by atoms with Gasteiger partial charge in [0.05, 0.1) is 5.92 Å². The third kappa shape index (κ3) is 4.57. The lowest BCUT2D eigenvalue weighted by Gasteiger charge is -2.20. The molecular weight excluding hydrogens is 314 g/mol. The van der Waals surface area contributed by atoms with Gasteiger partial charge in [-0.1, -0.05) is 80.3 Å². The maximum Gasteiger partial charge on any atom is 0.0629 e. The van der Waals surface area contributed by atoms with E-state index in [0.717, 1.165) is 26.1 Å². The number of allylic oxidation sites excluding steroid dienone is 6. The van der Waals surface area contributed by atoms with Gasteiger partial charge in [-0.05, 0) is 48.9 Å². The van der Waals surface area contributed by atoms with Crippen LogP contribution in [0.15, 0.2) is 60.2 Å². The lowest BCUT2D eigenvalue weighted by atomic mass is 9.91. The Morgan fingerprint density at radius 1 is 1.15 bits per heavy atom. The first-order valence-electron chi connectivity index (χ1n) is 10.0. The van der Waals surface area contributed by atoms with Crippen molar-refractivity contribution in [2.24, 2.45) is 17.8 Å². The van der Waals surface area contributed by atoms with Crippen molar-refractivity contribution in [1.29, 1.82) is 0 Å². The maximum absolute atomic E-state index is 3.52. The van der Waals surface area contributed by atoms with Gasteiger partial charge in [-0.2, -0.15) is 0 Å². The first-order chi connectivity index (χ1) is 12.7. The molecule has 0 saturated carbocycles. The van der Waals surface area contributed by atoms with Gasteiger partial charge in [0.15, 0.2) is 0 Å². The molecule has 3 rings (SSSR count). The molecule has 1 aliphatic carbocycles. The maximum atomic E-state index is 3.52. The van der Waals surface area contributed by atoms with E-state index in [1.165, 1.54) is 23.1 Å². The molecule has 1 heteroatoms. The molecule has 0 radical (unpaired) electrons. The second-order valence-electron chi connectivity index (χ2n) is 7.47. The van der Waals surface area contributed by atoms with E-state index in [1.807, 2.05) is 0 Å². The molecule has 0 bridgehead atoms. The van der Waals surface area contributed by atoms with Crippen LogP contribution in [0.3, 0.4) is 0 Å². The van der Waals surface area contributed by atoms with Crippen LogP contribution in [-0.2, 0) is 13.1 Å². The molecule has 0 aromatic heterocycles. The standard InChI is InChI=1S/C25H31N/c1-4-6-9-21(5-2)23-13-12-20(3)22(14-15-23)16-17-26-18-24-10-7-8-11-25(24)19-26/h5-11,14-15,20,22-23H,4,16-19H2,1-3H3/b9-6-,21-5+/t20?,22-,23+/m1/s1. The Hall–Kier alpha value is -2.04. The van der Waals surface area contributed by atoms with Crippen molar-refractivity contribution in [3.8, 4) is 11.8 Å². The first-order valence-corrected chi connectivity index (χ1v) is 10.0. The van der Waals surface area contributed by atoms with Crippen LogP contribution in [0.25, 0.3) is 0 Å². The van der Waals surface area contributed by atoms with Crippen molar-refractivity contribution in [2.75, 3.05) is 6.54 Å². The molecule has 0 saturated heterocycles. The van der Waals surface area contributed by atoms with Gasteiger partial charge in [0, 0.05) is 19.0 Å². The number of rotatable bonds is 6. The van der Waals surface area contributed by atoms with Crippen LogP contribution in [0.4, 0.5) is 0 Å². The third-order valence-electron chi connectivity index (χ3n) is 5.58. The van der Waals surface area contributed by atoms with Crippen LogP contribution in [0.5, 0.6) is 0 Å². The summed E-state index contributed by atoms with van der Waals surface area (Å²) in [6.45, 7) is 9.90. The number of hydrogen-bond donors (Lipinski definition) is 0. The molecular formula is C25H31N. The zero-order valence-electron chi connectivity index (χ0n) is 16.4. The van der Waals surface area contributed by atoms with Crippen molar-refractivity contribution < 1.29 is 0 Å². The summed E-state index contributed by atoms with van der Waals surface area (Å²) in [5.41, 5.74) is 4.31. The van der Waals surface area contributed by atoms with Crippen molar-refractivity contribution >= 4 is 0 Å². The Morgan fingerprint density at radius 3 is 2.54 bits per heavy atom. The van der Waals surface area contributed by atoms with Crippen molar-refractivity contribution in [2.45, 2.75) is 46.7 Å². The van der Waals surface area contributed by atoms with Crippen LogP contribution in [-0.4, -0.2) is 11.4 Å². The molecule has 1 aliphatic heterocycles. The van der Waals surface area contributed by atoms with Gasteiger partial charge in [-0.15, -0.1) is 0 Å². The molecule has 0 fully saturated rings. The summed E-state index contributed by atoms with van der Waals surface area (Å²) in [7, 11) is 0. The van der Waals surface area contributed by atoms with E-state index in [0.29, 0.717) is 11.8 Å². The molecule has 0 spiro atoms.